The molecule has 0 aliphatic rings. The van der Waals surface area contributed by atoms with Gasteiger partial charge in [-0.2, -0.15) is 0 Å². The third-order valence-corrected chi connectivity index (χ3v) is 3.40. The minimum atomic E-state index is 0.339. The summed E-state index contributed by atoms with van der Waals surface area (Å²) in [5.74, 6) is 0. The molecule has 2 rings (SSSR count). The Hall–Kier alpha value is -1.67. The molecule has 1 atom stereocenters. The van der Waals surface area contributed by atoms with E-state index in [1.165, 1.54) is 16.8 Å². The van der Waals surface area contributed by atoms with Crippen LogP contribution in [0.15, 0.2) is 48.7 Å². The second kappa shape index (κ2) is 7.05. The van der Waals surface area contributed by atoms with Crippen LogP contribution < -0.4 is 5.32 Å². The molecule has 0 radical (unpaired) electrons. The highest BCUT2D eigenvalue weighted by Gasteiger charge is 2.13. The number of nitrogens with zero attached hydrogens (tertiary/aromatic N) is 1. The number of benzene rings is 1. The molecule has 0 bridgehead atoms. The van der Waals surface area contributed by atoms with Gasteiger partial charge in [-0.25, -0.2) is 0 Å². The third-order valence-electron chi connectivity index (χ3n) is 3.40. The molecule has 0 fully saturated rings. The molecule has 1 aromatic heterocycles. The van der Waals surface area contributed by atoms with Gasteiger partial charge in [0.15, 0.2) is 0 Å². The van der Waals surface area contributed by atoms with Crippen LogP contribution in [-0.4, -0.2) is 11.5 Å². The van der Waals surface area contributed by atoms with Crippen LogP contribution in [-0.2, 0) is 6.42 Å². The number of hydrogen-bond acceptors (Lipinski definition) is 2. The fraction of sp³-hybridized carbons (Fsp3) is 0.353. The molecule has 0 saturated heterocycles. The molecule has 2 aromatic rings. The zero-order valence-corrected chi connectivity index (χ0v) is 11.8. The molecule has 0 saturated carbocycles. The second-order valence-corrected chi connectivity index (χ2v) is 4.84. The molecule has 0 spiro atoms. The smallest absolute Gasteiger partial charge is 0.0602 e. The average Bonchev–Trinajstić information content (AvgIpc) is 2.45. The molecular formula is C17H22N2. The molecular weight excluding hydrogens is 232 g/mol. The Morgan fingerprint density at radius 1 is 1.11 bits per heavy atom. The standard InChI is InChI=1S/C17H22N2/c1-3-18-16(17-14(2)8-7-13-19-17)12-11-15-9-5-4-6-10-15/h4-10,13,16,18H,3,11-12H2,1-2H3. The molecule has 2 heteroatoms. The minimum Gasteiger partial charge on any atom is -0.309 e. The van der Waals surface area contributed by atoms with E-state index in [1.807, 2.05) is 12.3 Å². The Kier molecular flexibility index (Phi) is 5.10. The monoisotopic (exact) mass is 254 g/mol. The van der Waals surface area contributed by atoms with Crippen LogP contribution in [0.4, 0.5) is 0 Å². The van der Waals surface area contributed by atoms with Gasteiger partial charge in [-0.1, -0.05) is 43.3 Å². The quantitative estimate of drug-likeness (QED) is 0.850. The van der Waals surface area contributed by atoms with Crippen LogP contribution in [0.1, 0.15) is 36.2 Å². The van der Waals surface area contributed by atoms with Gasteiger partial charge in [0.25, 0.3) is 0 Å². The fourth-order valence-electron chi connectivity index (χ4n) is 2.40. The van der Waals surface area contributed by atoms with E-state index in [0.29, 0.717) is 6.04 Å². The molecule has 0 aliphatic carbocycles. The molecule has 0 amide bonds. The first-order valence-corrected chi connectivity index (χ1v) is 7.00. The first-order valence-electron chi connectivity index (χ1n) is 7.00. The summed E-state index contributed by atoms with van der Waals surface area (Å²) in [6, 6.07) is 15.1. The summed E-state index contributed by atoms with van der Waals surface area (Å²) in [4.78, 5) is 4.55. The molecule has 1 aromatic carbocycles. The van der Waals surface area contributed by atoms with Crippen LogP contribution >= 0.6 is 0 Å². The predicted octanol–water partition coefficient (Wildman–Crippen LogP) is 3.67. The Morgan fingerprint density at radius 3 is 2.58 bits per heavy atom. The minimum absolute atomic E-state index is 0.339. The Labute approximate surface area is 115 Å². The van der Waals surface area contributed by atoms with Crippen LogP contribution in [0.3, 0.4) is 0 Å². The molecule has 1 heterocycles. The van der Waals surface area contributed by atoms with E-state index >= 15 is 0 Å². The summed E-state index contributed by atoms with van der Waals surface area (Å²) in [7, 11) is 0. The summed E-state index contributed by atoms with van der Waals surface area (Å²) >= 11 is 0. The largest absolute Gasteiger partial charge is 0.309 e. The lowest BCUT2D eigenvalue weighted by atomic mass is 10.00. The van der Waals surface area contributed by atoms with Gasteiger partial charge in [0.1, 0.15) is 0 Å². The highest BCUT2D eigenvalue weighted by atomic mass is 14.9. The molecule has 100 valence electrons. The first kappa shape index (κ1) is 13.8. The van der Waals surface area contributed by atoms with Crippen molar-refractivity contribution in [2.24, 2.45) is 0 Å². The predicted molar refractivity (Wildman–Crippen MR) is 80.2 cm³/mol. The maximum Gasteiger partial charge on any atom is 0.0602 e. The first-order chi connectivity index (χ1) is 9.31. The zero-order valence-electron chi connectivity index (χ0n) is 11.8. The number of pyridine rings is 1. The van der Waals surface area contributed by atoms with Crippen molar-refractivity contribution >= 4 is 0 Å². The van der Waals surface area contributed by atoms with Crippen molar-refractivity contribution in [2.75, 3.05) is 6.54 Å². The lowest BCUT2D eigenvalue weighted by Crippen LogP contribution is -2.23. The van der Waals surface area contributed by atoms with Gasteiger partial charge in [-0.05, 0) is 43.5 Å². The third kappa shape index (κ3) is 3.90. The fourth-order valence-corrected chi connectivity index (χ4v) is 2.40. The van der Waals surface area contributed by atoms with Crippen LogP contribution in [0, 0.1) is 6.92 Å². The topological polar surface area (TPSA) is 24.9 Å². The SMILES string of the molecule is CCNC(CCc1ccccc1)c1ncccc1C. The number of aromatic nitrogens is 1. The highest BCUT2D eigenvalue weighted by Crippen LogP contribution is 2.20. The van der Waals surface area contributed by atoms with E-state index in [1.54, 1.807) is 0 Å². The molecule has 1 N–H and O–H groups in total. The van der Waals surface area contributed by atoms with Gasteiger partial charge in [-0.3, -0.25) is 4.98 Å². The Balaban J connectivity index is 2.07. The molecule has 1 unspecified atom stereocenters. The maximum atomic E-state index is 4.55. The van der Waals surface area contributed by atoms with Crippen LogP contribution in [0.5, 0.6) is 0 Å². The molecule has 0 aliphatic heterocycles. The van der Waals surface area contributed by atoms with Gasteiger partial charge >= 0.3 is 0 Å². The van der Waals surface area contributed by atoms with Gasteiger partial charge in [0.2, 0.25) is 0 Å². The van der Waals surface area contributed by atoms with E-state index in [-0.39, 0.29) is 0 Å². The summed E-state index contributed by atoms with van der Waals surface area (Å²) < 4.78 is 0. The number of nitrogens with one attached hydrogen (secondary N) is 1. The Morgan fingerprint density at radius 2 is 1.89 bits per heavy atom. The summed E-state index contributed by atoms with van der Waals surface area (Å²) in [6.45, 7) is 5.25. The van der Waals surface area contributed by atoms with E-state index in [0.717, 1.165) is 19.4 Å². The van der Waals surface area contributed by atoms with Crippen molar-refractivity contribution in [3.05, 3.63) is 65.5 Å². The van der Waals surface area contributed by atoms with E-state index in [9.17, 15) is 0 Å². The normalized spacial score (nSPS) is 12.3. The van der Waals surface area contributed by atoms with Crippen molar-refractivity contribution in [3.8, 4) is 0 Å². The highest BCUT2D eigenvalue weighted by molar-refractivity contribution is 5.22. The number of rotatable bonds is 6. The van der Waals surface area contributed by atoms with Gasteiger partial charge in [-0.15, -0.1) is 0 Å². The lowest BCUT2D eigenvalue weighted by Gasteiger charge is -2.19. The van der Waals surface area contributed by atoms with Crippen LogP contribution in [0.25, 0.3) is 0 Å². The number of hydrogen-bond donors (Lipinski definition) is 1. The van der Waals surface area contributed by atoms with Gasteiger partial charge in [0.05, 0.1) is 11.7 Å². The van der Waals surface area contributed by atoms with Crippen molar-refractivity contribution in [3.63, 3.8) is 0 Å². The Bertz CT molecular complexity index is 494. The van der Waals surface area contributed by atoms with Crippen molar-refractivity contribution < 1.29 is 0 Å². The van der Waals surface area contributed by atoms with Gasteiger partial charge in [0, 0.05) is 6.20 Å². The van der Waals surface area contributed by atoms with Crippen molar-refractivity contribution in [2.45, 2.75) is 32.7 Å². The summed E-state index contributed by atoms with van der Waals surface area (Å²) in [5.41, 5.74) is 3.83. The van der Waals surface area contributed by atoms with E-state index < -0.39 is 0 Å². The lowest BCUT2D eigenvalue weighted by molar-refractivity contribution is 0.501. The van der Waals surface area contributed by atoms with Crippen molar-refractivity contribution in [1.82, 2.24) is 10.3 Å². The molecule has 2 nitrogen and oxygen atoms in total. The average molecular weight is 254 g/mol. The van der Waals surface area contributed by atoms with E-state index in [4.69, 9.17) is 0 Å². The second-order valence-electron chi connectivity index (χ2n) is 4.84. The van der Waals surface area contributed by atoms with Crippen molar-refractivity contribution in [1.29, 1.82) is 0 Å². The maximum absolute atomic E-state index is 4.55. The zero-order chi connectivity index (χ0) is 13.5. The summed E-state index contributed by atoms with van der Waals surface area (Å²) in [6.07, 6.45) is 4.04. The van der Waals surface area contributed by atoms with Gasteiger partial charge < -0.3 is 5.32 Å². The van der Waals surface area contributed by atoms with Crippen LogP contribution in [0.2, 0.25) is 0 Å². The number of aryl methyl sites for hydroxylation is 2. The summed E-state index contributed by atoms with van der Waals surface area (Å²) in [5, 5.41) is 3.55. The van der Waals surface area contributed by atoms with E-state index in [2.05, 4.69) is 60.5 Å². The molecule has 19 heavy (non-hydrogen) atoms.